The molecule has 0 aliphatic heterocycles. The molecule has 1 heterocycles. The van der Waals surface area contributed by atoms with E-state index >= 15 is 0 Å². The van der Waals surface area contributed by atoms with Gasteiger partial charge in [-0.25, -0.2) is 4.98 Å². The maximum atomic E-state index is 12.2. The summed E-state index contributed by atoms with van der Waals surface area (Å²) in [6.07, 6.45) is 3.50. The Morgan fingerprint density at radius 1 is 1.32 bits per heavy atom. The fourth-order valence-electron chi connectivity index (χ4n) is 3.05. The van der Waals surface area contributed by atoms with Crippen LogP contribution in [0, 0.1) is 25.2 Å². The minimum atomic E-state index is -0.0147. The van der Waals surface area contributed by atoms with Crippen LogP contribution >= 0.6 is 11.8 Å². The van der Waals surface area contributed by atoms with Crippen molar-refractivity contribution >= 4 is 23.4 Å². The fourth-order valence-corrected chi connectivity index (χ4v) is 3.97. The Hall–Kier alpha value is -2.32. The summed E-state index contributed by atoms with van der Waals surface area (Å²) in [6, 6.07) is 10.2. The van der Waals surface area contributed by atoms with Crippen LogP contribution in [0.3, 0.4) is 0 Å². The largest absolute Gasteiger partial charge is 0.326 e. The van der Waals surface area contributed by atoms with Crippen LogP contribution in [0.5, 0.6) is 0 Å². The number of rotatable bonds is 5. The first-order valence-electron chi connectivity index (χ1n) is 8.49. The first-order valence-corrected chi connectivity index (χ1v) is 9.48. The minimum Gasteiger partial charge on any atom is -0.326 e. The SMILES string of the molecule is Cc1ccc(NC(=O)CCSc2nc3c(cc2C#N)CCC3)c(C)c1. The number of hydrogen-bond donors (Lipinski definition) is 1. The second kappa shape index (κ2) is 7.71. The van der Waals surface area contributed by atoms with Gasteiger partial charge < -0.3 is 5.32 Å². The van der Waals surface area contributed by atoms with Crippen LogP contribution in [0.4, 0.5) is 5.69 Å². The van der Waals surface area contributed by atoms with Gasteiger partial charge in [0.25, 0.3) is 0 Å². The number of carbonyl (C=O) groups is 1. The number of fused-ring (bicyclic) bond motifs is 1. The molecule has 1 aromatic heterocycles. The Bertz CT molecular complexity index is 855. The Morgan fingerprint density at radius 2 is 2.16 bits per heavy atom. The molecule has 1 aliphatic carbocycles. The van der Waals surface area contributed by atoms with Crippen molar-refractivity contribution in [3.05, 3.63) is 52.2 Å². The monoisotopic (exact) mass is 351 g/mol. The lowest BCUT2D eigenvalue weighted by Crippen LogP contribution is -2.13. The second-order valence-electron chi connectivity index (χ2n) is 6.38. The molecule has 0 saturated heterocycles. The molecule has 25 heavy (non-hydrogen) atoms. The number of pyridine rings is 1. The lowest BCUT2D eigenvalue weighted by Gasteiger charge is -2.09. The molecule has 1 amide bonds. The molecule has 1 aliphatic rings. The summed E-state index contributed by atoms with van der Waals surface area (Å²) >= 11 is 1.49. The molecule has 3 rings (SSSR count). The summed E-state index contributed by atoms with van der Waals surface area (Å²) in [5.41, 5.74) is 6.04. The van der Waals surface area contributed by atoms with Crippen molar-refractivity contribution in [1.29, 1.82) is 5.26 Å². The van der Waals surface area contributed by atoms with Crippen molar-refractivity contribution in [3.8, 4) is 6.07 Å². The average molecular weight is 351 g/mol. The summed E-state index contributed by atoms with van der Waals surface area (Å²) in [5.74, 6) is 0.594. The van der Waals surface area contributed by atoms with E-state index in [0.29, 0.717) is 17.7 Å². The highest BCUT2D eigenvalue weighted by atomic mass is 32.2. The van der Waals surface area contributed by atoms with E-state index < -0.39 is 0 Å². The first kappa shape index (κ1) is 17.5. The number of nitrogens with one attached hydrogen (secondary N) is 1. The van der Waals surface area contributed by atoms with E-state index in [-0.39, 0.29) is 5.91 Å². The van der Waals surface area contributed by atoms with Gasteiger partial charge in [-0.2, -0.15) is 5.26 Å². The van der Waals surface area contributed by atoms with Gasteiger partial charge in [0.1, 0.15) is 11.1 Å². The molecule has 0 atom stereocenters. The summed E-state index contributed by atoms with van der Waals surface area (Å²) in [5, 5.41) is 13.0. The van der Waals surface area contributed by atoms with Crippen LogP contribution in [-0.2, 0) is 17.6 Å². The third-order valence-corrected chi connectivity index (χ3v) is 5.35. The van der Waals surface area contributed by atoms with Crippen molar-refractivity contribution < 1.29 is 4.79 Å². The number of aromatic nitrogens is 1. The van der Waals surface area contributed by atoms with Gasteiger partial charge >= 0.3 is 0 Å². The molecule has 0 spiro atoms. The zero-order valence-corrected chi connectivity index (χ0v) is 15.4. The predicted molar refractivity (Wildman–Crippen MR) is 101 cm³/mol. The fraction of sp³-hybridized carbons (Fsp3) is 0.350. The summed E-state index contributed by atoms with van der Waals surface area (Å²) in [7, 11) is 0. The number of hydrogen-bond acceptors (Lipinski definition) is 4. The van der Waals surface area contributed by atoms with Crippen molar-refractivity contribution in [2.45, 2.75) is 44.6 Å². The zero-order chi connectivity index (χ0) is 17.8. The molecule has 0 bridgehead atoms. The van der Waals surface area contributed by atoms with E-state index in [1.54, 1.807) is 0 Å². The molecular formula is C20H21N3OS. The maximum Gasteiger partial charge on any atom is 0.225 e. The molecule has 4 nitrogen and oxygen atoms in total. The van der Waals surface area contributed by atoms with E-state index in [1.807, 2.05) is 32.0 Å². The minimum absolute atomic E-state index is 0.0147. The molecule has 5 heteroatoms. The number of aryl methyl sites for hydroxylation is 4. The quantitative estimate of drug-likeness (QED) is 0.821. The maximum absolute atomic E-state index is 12.2. The van der Waals surface area contributed by atoms with Gasteiger partial charge in [0.15, 0.2) is 0 Å². The first-order chi connectivity index (χ1) is 12.1. The Morgan fingerprint density at radius 3 is 2.92 bits per heavy atom. The Labute approximate surface area is 152 Å². The highest BCUT2D eigenvalue weighted by molar-refractivity contribution is 7.99. The Kier molecular flexibility index (Phi) is 5.40. The zero-order valence-electron chi connectivity index (χ0n) is 14.6. The van der Waals surface area contributed by atoms with Crippen molar-refractivity contribution in [2.24, 2.45) is 0 Å². The van der Waals surface area contributed by atoms with E-state index in [1.165, 1.54) is 22.9 Å². The smallest absolute Gasteiger partial charge is 0.225 e. The highest BCUT2D eigenvalue weighted by Crippen LogP contribution is 2.28. The standard InChI is InChI=1S/C20H21N3OS/c1-13-6-7-17(14(2)10-13)22-19(24)8-9-25-20-16(12-21)11-15-4-3-5-18(15)23-20/h6-7,10-11H,3-5,8-9H2,1-2H3,(H,22,24). The molecule has 0 radical (unpaired) electrons. The third-order valence-electron chi connectivity index (χ3n) is 4.36. The number of carbonyl (C=O) groups excluding carboxylic acids is 1. The lowest BCUT2D eigenvalue weighted by atomic mass is 10.1. The summed E-state index contributed by atoms with van der Waals surface area (Å²) in [6.45, 7) is 4.02. The van der Waals surface area contributed by atoms with Crippen LogP contribution in [0.1, 0.15) is 40.8 Å². The van der Waals surface area contributed by atoms with Crippen LogP contribution in [-0.4, -0.2) is 16.6 Å². The van der Waals surface area contributed by atoms with Crippen molar-refractivity contribution in [3.63, 3.8) is 0 Å². The Balaban J connectivity index is 1.58. The number of benzene rings is 1. The van der Waals surface area contributed by atoms with Crippen LogP contribution in [0.25, 0.3) is 0 Å². The molecular weight excluding hydrogens is 330 g/mol. The molecule has 1 aromatic carbocycles. The van der Waals surface area contributed by atoms with Crippen LogP contribution < -0.4 is 5.32 Å². The highest BCUT2D eigenvalue weighted by Gasteiger charge is 2.17. The molecule has 0 fully saturated rings. The van der Waals surface area contributed by atoms with Gasteiger partial charge in [-0.05, 0) is 56.4 Å². The number of nitriles is 1. The van der Waals surface area contributed by atoms with Crippen LogP contribution in [0.15, 0.2) is 29.3 Å². The molecule has 0 unspecified atom stereocenters. The summed E-state index contributed by atoms with van der Waals surface area (Å²) in [4.78, 5) is 16.8. The van der Waals surface area contributed by atoms with E-state index in [9.17, 15) is 10.1 Å². The van der Waals surface area contributed by atoms with E-state index in [4.69, 9.17) is 0 Å². The number of anilines is 1. The predicted octanol–water partition coefficient (Wildman–Crippen LogP) is 4.18. The van der Waals surface area contributed by atoms with Crippen molar-refractivity contribution in [2.75, 3.05) is 11.1 Å². The number of amides is 1. The number of thioether (sulfide) groups is 1. The van der Waals surface area contributed by atoms with Gasteiger partial charge in [-0.1, -0.05) is 17.7 Å². The van der Waals surface area contributed by atoms with E-state index in [0.717, 1.165) is 41.2 Å². The average Bonchev–Trinajstić information content (AvgIpc) is 3.04. The number of nitrogens with zero attached hydrogens (tertiary/aromatic N) is 2. The molecule has 128 valence electrons. The van der Waals surface area contributed by atoms with Gasteiger partial charge in [0, 0.05) is 23.6 Å². The molecule has 2 aromatic rings. The summed E-state index contributed by atoms with van der Waals surface area (Å²) < 4.78 is 0. The van der Waals surface area contributed by atoms with Gasteiger partial charge in [-0.3, -0.25) is 4.79 Å². The van der Waals surface area contributed by atoms with Gasteiger partial charge in [0.2, 0.25) is 5.91 Å². The normalized spacial score (nSPS) is 12.5. The molecule has 0 saturated carbocycles. The van der Waals surface area contributed by atoms with Crippen LogP contribution in [0.2, 0.25) is 0 Å². The topological polar surface area (TPSA) is 65.8 Å². The van der Waals surface area contributed by atoms with Gasteiger partial charge in [0.05, 0.1) is 5.56 Å². The third kappa shape index (κ3) is 4.21. The van der Waals surface area contributed by atoms with Gasteiger partial charge in [-0.15, -0.1) is 11.8 Å². The lowest BCUT2D eigenvalue weighted by molar-refractivity contribution is -0.115. The van der Waals surface area contributed by atoms with E-state index in [2.05, 4.69) is 22.4 Å². The molecule has 1 N–H and O–H groups in total. The van der Waals surface area contributed by atoms with Crippen molar-refractivity contribution in [1.82, 2.24) is 4.98 Å². The second-order valence-corrected chi connectivity index (χ2v) is 7.46.